The van der Waals surface area contributed by atoms with Crippen LogP contribution < -0.4 is 14.8 Å². The number of nitrogens with zero attached hydrogens (tertiary/aromatic N) is 3. The number of aromatic nitrogens is 2. The molecule has 33 heavy (non-hydrogen) atoms. The molecule has 0 fully saturated rings. The molecular weight excluding hydrogens is 468 g/mol. The van der Waals surface area contributed by atoms with Crippen LogP contribution in [0.1, 0.15) is 17.4 Å². The Hall–Kier alpha value is -3.08. The highest BCUT2D eigenvalue weighted by molar-refractivity contribution is 7.89. The first-order valence-corrected chi connectivity index (χ1v) is 12.0. The third-order valence-electron chi connectivity index (χ3n) is 5.21. The van der Waals surface area contributed by atoms with E-state index in [0.29, 0.717) is 35.6 Å². The minimum absolute atomic E-state index is 0.0143. The normalized spacial score (nSPS) is 14.2. The van der Waals surface area contributed by atoms with Gasteiger partial charge in [0.25, 0.3) is 0 Å². The van der Waals surface area contributed by atoms with Crippen molar-refractivity contribution in [2.75, 3.05) is 26.8 Å². The number of benzene rings is 2. The van der Waals surface area contributed by atoms with Gasteiger partial charge in [-0.25, -0.2) is 13.4 Å². The lowest BCUT2D eigenvalue weighted by atomic mass is 10.1. The Kier molecular flexibility index (Phi) is 6.59. The Bertz CT molecular complexity index is 1260. The Morgan fingerprint density at radius 2 is 1.88 bits per heavy atom. The molecule has 2 heterocycles. The van der Waals surface area contributed by atoms with E-state index < -0.39 is 22.0 Å². The van der Waals surface area contributed by atoms with Gasteiger partial charge >= 0.3 is 0 Å². The van der Waals surface area contributed by atoms with E-state index in [2.05, 4.69) is 10.3 Å². The third-order valence-corrected chi connectivity index (χ3v) is 7.26. The van der Waals surface area contributed by atoms with Crippen LogP contribution >= 0.6 is 11.6 Å². The van der Waals surface area contributed by atoms with Crippen LogP contribution in [0.4, 0.5) is 0 Å². The molecular formula is C22H23ClN4O5S. The average molecular weight is 491 g/mol. The van der Waals surface area contributed by atoms with Crippen molar-refractivity contribution in [3.8, 4) is 11.5 Å². The lowest BCUT2D eigenvalue weighted by Crippen LogP contribution is -2.40. The molecule has 1 aliphatic heterocycles. The molecule has 9 nitrogen and oxygen atoms in total. The van der Waals surface area contributed by atoms with E-state index in [1.807, 2.05) is 7.05 Å². The van der Waals surface area contributed by atoms with Gasteiger partial charge in [0, 0.05) is 37.6 Å². The summed E-state index contributed by atoms with van der Waals surface area (Å²) in [6.45, 7) is 0.364. The summed E-state index contributed by atoms with van der Waals surface area (Å²) in [7, 11) is -0.771. The number of hydrogen-bond acceptors (Lipinski definition) is 6. The maximum Gasteiger partial charge on any atom is 0.243 e. The molecule has 1 N–H and O–H groups in total. The topological polar surface area (TPSA) is 103 Å². The minimum atomic E-state index is -3.94. The standard InChI is InChI=1S/C22H23ClN4O5S/c1-26-10-9-24-22(26)21(15-3-5-16(23)6-4-15)25-20(28)14-27(2)33(29,30)17-7-8-18-19(13-17)32-12-11-31-18/h3-10,13,21H,11-12,14H2,1-2H3,(H,25,28). The molecule has 0 bridgehead atoms. The maximum absolute atomic E-state index is 13.0. The quantitative estimate of drug-likeness (QED) is 0.545. The second-order valence-corrected chi connectivity index (χ2v) is 10.00. The van der Waals surface area contributed by atoms with Gasteiger partial charge in [0.15, 0.2) is 11.5 Å². The van der Waals surface area contributed by atoms with Crippen LogP contribution in [0.2, 0.25) is 5.02 Å². The van der Waals surface area contributed by atoms with E-state index >= 15 is 0 Å². The fourth-order valence-electron chi connectivity index (χ4n) is 3.47. The third kappa shape index (κ3) is 4.97. The zero-order chi connectivity index (χ0) is 23.6. The molecule has 1 amide bonds. The predicted molar refractivity (Wildman–Crippen MR) is 122 cm³/mol. The lowest BCUT2D eigenvalue weighted by Gasteiger charge is -2.23. The SMILES string of the molecule is CN(CC(=O)NC(c1ccc(Cl)cc1)c1nccn1C)S(=O)(=O)c1ccc2c(c1)OCCO2. The average Bonchev–Trinajstić information content (AvgIpc) is 3.23. The Labute approximate surface area is 196 Å². The molecule has 0 aliphatic carbocycles. The van der Waals surface area contributed by atoms with Crippen molar-refractivity contribution in [1.82, 2.24) is 19.2 Å². The largest absolute Gasteiger partial charge is 0.486 e. The van der Waals surface area contributed by atoms with E-state index in [0.717, 1.165) is 9.87 Å². The molecule has 3 aromatic rings. The molecule has 1 atom stereocenters. The number of aryl methyl sites for hydroxylation is 1. The molecule has 1 unspecified atom stereocenters. The summed E-state index contributed by atoms with van der Waals surface area (Å²) < 4.78 is 39.8. The molecule has 0 saturated carbocycles. The summed E-state index contributed by atoms with van der Waals surface area (Å²) in [6.07, 6.45) is 3.39. The smallest absolute Gasteiger partial charge is 0.243 e. The number of carbonyl (C=O) groups is 1. The van der Waals surface area contributed by atoms with Crippen molar-refractivity contribution in [3.05, 3.63) is 71.3 Å². The summed E-state index contributed by atoms with van der Waals surface area (Å²) in [4.78, 5) is 17.3. The first kappa shape index (κ1) is 23.1. The lowest BCUT2D eigenvalue weighted by molar-refractivity contribution is -0.121. The number of nitrogens with one attached hydrogen (secondary N) is 1. The van der Waals surface area contributed by atoms with Crippen molar-refractivity contribution in [3.63, 3.8) is 0 Å². The molecule has 2 aromatic carbocycles. The van der Waals surface area contributed by atoms with Crippen LogP contribution in [0.5, 0.6) is 11.5 Å². The molecule has 4 rings (SSSR count). The van der Waals surface area contributed by atoms with Crippen molar-refractivity contribution in [2.24, 2.45) is 7.05 Å². The maximum atomic E-state index is 13.0. The number of halogens is 1. The zero-order valence-corrected chi connectivity index (χ0v) is 19.6. The van der Waals surface area contributed by atoms with Crippen molar-refractivity contribution in [1.29, 1.82) is 0 Å². The van der Waals surface area contributed by atoms with E-state index in [1.165, 1.54) is 19.2 Å². The fourth-order valence-corrected chi connectivity index (χ4v) is 4.73. The molecule has 174 valence electrons. The minimum Gasteiger partial charge on any atom is -0.486 e. The number of hydrogen-bond donors (Lipinski definition) is 1. The molecule has 1 aliphatic rings. The molecule has 0 spiro atoms. The van der Waals surface area contributed by atoms with E-state index in [9.17, 15) is 13.2 Å². The van der Waals surface area contributed by atoms with Gasteiger partial charge < -0.3 is 19.4 Å². The van der Waals surface area contributed by atoms with Gasteiger partial charge in [-0.05, 0) is 29.8 Å². The van der Waals surface area contributed by atoms with Crippen LogP contribution in [0, 0.1) is 0 Å². The number of sulfonamides is 1. The molecule has 0 radical (unpaired) electrons. The van der Waals surface area contributed by atoms with Gasteiger partial charge in [-0.1, -0.05) is 23.7 Å². The highest BCUT2D eigenvalue weighted by atomic mass is 35.5. The number of carbonyl (C=O) groups excluding carboxylic acids is 1. The number of rotatable bonds is 7. The van der Waals surface area contributed by atoms with Gasteiger partial charge in [0.05, 0.1) is 11.4 Å². The monoisotopic (exact) mass is 490 g/mol. The summed E-state index contributed by atoms with van der Waals surface area (Å²) >= 11 is 6.00. The number of imidazole rings is 1. The summed E-state index contributed by atoms with van der Waals surface area (Å²) in [5, 5.41) is 3.45. The highest BCUT2D eigenvalue weighted by Gasteiger charge is 2.27. The van der Waals surface area contributed by atoms with Crippen LogP contribution in [0.15, 0.2) is 59.8 Å². The zero-order valence-electron chi connectivity index (χ0n) is 18.1. The number of ether oxygens (including phenoxy) is 2. The Morgan fingerprint density at radius 1 is 1.18 bits per heavy atom. The first-order valence-electron chi connectivity index (χ1n) is 10.1. The van der Waals surface area contributed by atoms with E-state index in [1.54, 1.807) is 47.3 Å². The van der Waals surface area contributed by atoms with Crippen LogP contribution in [0.3, 0.4) is 0 Å². The first-order chi connectivity index (χ1) is 15.8. The van der Waals surface area contributed by atoms with Crippen LogP contribution in [0.25, 0.3) is 0 Å². The summed E-state index contributed by atoms with van der Waals surface area (Å²) in [6, 6.07) is 10.8. The van der Waals surface area contributed by atoms with Gasteiger partial charge in [0.2, 0.25) is 15.9 Å². The van der Waals surface area contributed by atoms with Crippen LogP contribution in [-0.4, -0.2) is 55.0 Å². The molecule has 11 heteroatoms. The Balaban J connectivity index is 1.52. The highest BCUT2D eigenvalue weighted by Crippen LogP contribution is 2.33. The molecule has 0 saturated heterocycles. The van der Waals surface area contributed by atoms with Gasteiger partial charge in [0.1, 0.15) is 25.1 Å². The van der Waals surface area contributed by atoms with E-state index in [4.69, 9.17) is 21.1 Å². The van der Waals surface area contributed by atoms with Gasteiger partial charge in [-0.15, -0.1) is 0 Å². The van der Waals surface area contributed by atoms with Crippen molar-refractivity contribution >= 4 is 27.5 Å². The molecule has 1 aromatic heterocycles. The van der Waals surface area contributed by atoms with Crippen molar-refractivity contribution in [2.45, 2.75) is 10.9 Å². The summed E-state index contributed by atoms with van der Waals surface area (Å²) in [5.74, 6) is 0.962. The fraction of sp³-hybridized carbons (Fsp3) is 0.273. The summed E-state index contributed by atoms with van der Waals surface area (Å²) in [5.41, 5.74) is 0.763. The van der Waals surface area contributed by atoms with Crippen molar-refractivity contribution < 1.29 is 22.7 Å². The second-order valence-electron chi connectivity index (χ2n) is 7.51. The number of fused-ring (bicyclic) bond motifs is 1. The number of amides is 1. The van der Waals surface area contributed by atoms with Gasteiger partial charge in [-0.3, -0.25) is 4.79 Å². The predicted octanol–water partition coefficient (Wildman–Crippen LogP) is 2.37. The van der Waals surface area contributed by atoms with Crippen LogP contribution in [-0.2, 0) is 21.9 Å². The Morgan fingerprint density at radius 3 is 2.55 bits per heavy atom. The number of likely N-dealkylation sites (N-methyl/N-ethyl adjacent to an activating group) is 1. The second kappa shape index (κ2) is 9.42. The van der Waals surface area contributed by atoms with Gasteiger partial charge in [-0.2, -0.15) is 4.31 Å². The van der Waals surface area contributed by atoms with E-state index in [-0.39, 0.29) is 11.4 Å².